The fourth-order valence-electron chi connectivity index (χ4n) is 3.34. The van der Waals surface area contributed by atoms with E-state index >= 15 is 0 Å². The van der Waals surface area contributed by atoms with Crippen LogP contribution in [-0.2, 0) is 0 Å². The lowest BCUT2D eigenvalue weighted by Gasteiger charge is -2.12. The Bertz CT molecular complexity index is 1270. The summed E-state index contributed by atoms with van der Waals surface area (Å²) in [5.74, 6) is -0.309. The molecule has 1 amide bonds. The van der Waals surface area contributed by atoms with Crippen LogP contribution in [-0.4, -0.2) is 26.1 Å². The molecule has 1 aromatic carbocycles. The molecule has 0 radical (unpaired) electrons. The number of imidazole rings is 1. The number of benzene rings is 1. The molecule has 0 saturated carbocycles. The summed E-state index contributed by atoms with van der Waals surface area (Å²) in [6, 6.07) is 7.49. The molecule has 0 saturated heterocycles. The molecule has 6 nitrogen and oxygen atoms in total. The van der Waals surface area contributed by atoms with E-state index < -0.39 is 0 Å². The van der Waals surface area contributed by atoms with Gasteiger partial charge in [-0.1, -0.05) is 29.3 Å². The lowest BCUT2D eigenvalue weighted by atomic mass is 10.2. The second-order valence-electron chi connectivity index (χ2n) is 6.54. The van der Waals surface area contributed by atoms with Crippen LogP contribution in [0.1, 0.15) is 33.1 Å². The fourth-order valence-corrected chi connectivity index (χ4v) is 4.47. The molecule has 148 valence electrons. The third-order valence-corrected chi connectivity index (χ3v) is 6.23. The minimum atomic E-state index is -0.309. The van der Waals surface area contributed by atoms with Gasteiger partial charge in [-0.15, -0.1) is 11.3 Å². The maximum Gasteiger partial charge on any atom is 0.290 e. The number of amides is 1. The number of aromatic nitrogens is 3. The summed E-state index contributed by atoms with van der Waals surface area (Å²) in [4.78, 5) is 17.7. The molecule has 4 rings (SSSR count). The highest BCUT2D eigenvalue weighted by molar-refractivity contribution is 7.15. The molecule has 0 aliphatic heterocycles. The van der Waals surface area contributed by atoms with E-state index in [0.29, 0.717) is 21.4 Å². The molecule has 0 atom stereocenters. The van der Waals surface area contributed by atoms with Crippen molar-refractivity contribution in [2.24, 2.45) is 5.10 Å². The van der Waals surface area contributed by atoms with Crippen molar-refractivity contribution in [1.82, 2.24) is 19.4 Å². The molecular weight excluding hydrogens is 429 g/mol. The van der Waals surface area contributed by atoms with Crippen LogP contribution in [0.25, 0.3) is 10.6 Å². The molecule has 3 aromatic heterocycles. The zero-order chi connectivity index (χ0) is 20.7. The second kappa shape index (κ2) is 7.67. The first kappa shape index (κ1) is 19.7. The van der Waals surface area contributed by atoms with Crippen molar-refractivity contribution in [2.45, 2.75) is 20.8 Å². The van der Waals surface area contributed by atoms with Crippen molar-refractivity contribution < 1.29 is 4.79 Å². The highest BCUT2D eigenvalue weighted by atomic mass is 35.5. The maximum absolute atomic E-state index is 12.6. The zero-order valence-corrected chi connectivity index (χ0v) is 18.2. The standard InChI is InChI=1S/C20H17Cl2N5OS/c1-11-9-14(13(3)27(11)16-6-4-5-15(21)17(16)22)10-23-25-19(28)18-12(2)24-20-26(18)7-8-29-20/h4-10H,1-3H3,(H,25,28)/b23-10-. The molecule has 0 fully saturated rings. The topological polar surface area (TPSA) is 63.7 Å². The molecular formula is C20H17Cl2N5OS. The first-order chi connectivity index (χ1) is 13.9. The lowest BCUT2D eigenvalue weighted by molar-refractivity contribution is 0.0948. The van der Waals surface area contributed by atoms with Gasteiger partial charge < -0.3 is 4.57 Å². The summed E-state index contributed by atoms with van der Waals surface area (Å²) in [6.07, 6.45) is 3.44. The van der Waals surface area contributed by atoms with Crippen LogP contribution < -0.4 is 5.43 Å². The number of thiazole rings is 1. The lowest BCUT2D eigenvalue weighted by Crippen LogP contribution is -2.20. The minimum Gasteiger partial charge on any atom is -0.316 e. The molecule has 29 heavy (non-hydrogen) atoms. The molecule has 4 aromatic rings. The van der Waals surface area contributed by atoms with Gasteiger partial charge in [-0.3, -0.25) is 9.20 Å². The normalized spacial score (nSPS) is 11.6. The Labute approximate surface area is 181 Å². The Morgan fingerprint density at radius 3 is 2.86 bits per heavy atom. The van der Waals surface area contributed by atoms with Gasteiger partial charge >= 0.3 is 0 Å². The third-order valence-electron chi connectivity index (χ3n) is 4.66. The molecule has 0 spiro atoms. The van der Waals surface area contributed by atoms with Crippen molar-refractivity contribution >= 4 is 51.6 Å². The van der Waals surface area contributed by atoms with Gasteiger partial charge in [0.2, 0.25) is 0 Å². The van der Waals surface area contributed by atoms with E-state index in [1.165, 1.54) is 11.3 Å². The predicted molar refractivity (Wildman–Crippen MR) is 118 cm³/mol. The first-order valence-electron chi connectivity index (χ1n) is 8.77. The molecule has 3 heterocycles. The monoisotopic (exact) mass is 445 g/mol. The largest absolute Gasteiger partial charge is 0.316 e. The van der Waals surface area contributed by atoms with Crippen molar-refractivity contribution in [1.29, 1.82) is 0 Å². The van der Waals surface area contributed by atoms with Gasteiger partial charge in [0.05, 0.1) is 27.6 Å². The number of nitrogens with one attached hydrogen (secondary N) is 1. The van der Waals surface area contributed by atoms with Crippen LogP contribution in [0.2, 0.25) is 10.0 Å². The second-order valence-corrected chi connectivity index (χ2v) is 8.19. The fraction of sp³-hybridized carbons (Fsp3) is 0.150. The maximum atomic E-state index is 12.6. The van der Waals surface area contributed by atoms with Crippen LogP contribution in [0.4, 0.5) is 0 Å². The van der Waals surface area contributed by atoms with E-state index in [4.69, 9.17) is 23.2 Å². The van der Waals surface area contributed by atoms with Crippen LogP contribution in [0.5, 0.6) is 0 Å². The van der Waals surface area contributed by atoms with Gasteiger partial charge in [0, 0.05) is 28.5 Å². The highest BCUT2D eigenvalue weighted by Crippen LogP contribution is 2.31. The number of hydrazone groups is 1. The minimum absolute atomic E-state index is 0.309. The van der Waals surface area contributed by atoms with Gasteiger partial charge in [-0.05, 0) is 39.0 Å². The molecule has 0 aliphatic carbocycles. The van der Waals surface area contributed by atoms with Gasteiger partial charge in [-0.2, -0.15) is 5.10 Å². The Morgan fingerprint density at radius 2 is 2.07 bits per heavy atom. The number of halogens is 2. The van der Waals surface area contributed by atoms with Crippen LogP contribution in [0.15, 0.2) is 40.9 Å². The number of fused-ring (bicyclic) bond motifs is 1. The summed E-state index contributed by atoms with van der Waals surface area (Å²) in [6.45, 7) is 5.74. The molecule has 0 bridgehead atoms. The number of aryl methyl sites for hydroxylation is 2. The van der Waals surface area contributed by atoms with Gasteiger partial charge in [0.1, 0.15) is 5.69 Å². The molecule has 1 N–H and O–H groups in total. The number of rotatable bonds is 4. The van der Waals surface area contributed by atoms with Crippen molar-refractivity contribution in [3.05, 3.63) is 74.2 Å². The number of carbonyl (C=O) groups excluding carboxylic acids is 1. The van der Waals surface area contributed by atoms with Crippen molar-refractivity contribution in [3.63, 3.8) is 0 Å². The Balaban J connectivity index is 1.60. The van der Waals surface area contributed by atoms with E-state index in [-0.39, 0.29) is 5.91 Å². The van der Waals surface area contributed by atoms with Gasteiger partial charge in [-0.25, -0.2) is 10.4 Å². The quantitative estimate of drug-likeness (QED) is 0.347. The van der Waals surface area contributed by atoms with Crippen molar-refractivity contribution in [2.75, 3.05) is 0 Å². The summed E-state index contributed by atoms with van der Waals surface area (Å²) in [5.41, 5.74) is 7.31. The smallest absolute Gasteiger partial charge is 0.290 e. The number of hydrogen-bond acceptors (Lipinski definition) is 4. The van der Waals surface area contributed by atoms with E-state index in [1.54, 1.807) is 23.6 Å². The summed E-state index contributed by atoms with van der Waals surface area (Å²) in [7, 11) is 0. The van der Waals surface area contributed by atoms with Crippen LogP contribution >= 0.6 is 34.5 Å². The van der Waals surface area contributed by atoms with Gasteiger partial charge in [0.15, 0.2) is 4.96 Å². The van der Waals surface area contributed by atoms with Gasteiger partial charge in [0.25, 0.3) is 5.91 Å². The molecule has 0 unspecified atom stereocenters. The zero-order valence-electron chi connectivity index (χ0n) is 15.9. The average Bonchev–Trinajstić information content (AvgIpc) is 3.31. The first-order valence-corrected chi connectivity index (χ1v) is 10.4. The number of carbonyl (C=O) groups is 1. The molecule has 0 aliphatic rings. The van der Waals surface area contributed by atoms with Crippen LogP contribution in [0.3, 0.4) is 0 Å². The molecule has 9 heteroatoms. The summed E-state index contributed by atoms with van der Waals surface area (Å²) < 4.78 is 3.77. The summed E-state index contributed by atoms with van der Waals surface area (Å²) in [5, 5.41) is 7.02. The van der Waals surface area contributed by atoms with E-state index in [2.05, 4.69) is 15.5 Å². The number of nitrogens with zero attached hydrogens (tertiary/aromatic N) is 4. The van der Waals surface area contributed by atoms with E-state index in [9.17, 15) is 4.79 Å². The average molecular weight is 446 g/mol. The van der Waals surface area contributed by atoms with E-state index in [0.717, 1.165) is 27.6 Å². The Hall–Kier alpha value is -2.61. The highest BCUT2D eigenvalue weighted by Gasteiger charge is 2.17. The Morgan fingerprint density at radius 1 is 1.28 bits per heavy atom. The number of hydrogen-bond donors (Lipinski definition) is 1. The third kappa shape index (κ3) is 3.46. The summed E-state index contributed by atoms with van der Waals surface area (Å²) >= 11 is 14.0. The van der Waals surface area contributed by atoms with E-state index in [1.807, 2.05) is 48.2 Å². The van der Waals surface area contributed by atoms with Crippen molar-refractivity contribution in [3.8, 4) is 5.69 Å². The van der Waals surface area contributed by atoms with Crippen LogP contribution in [0, 0.1) is 20.8 Å². The SMILES string of the molecule is Cc1nc2sccn2c1C(=O)N/N=C\c1cc(C)n(-c2cccc(Cl)c2Cl)c1C. The predicted octanol–water partition coefficient (Wildman–Crippen LogP) is 5.18. The Kier molecular flexibility index (Phi) is 5.21.